The van der Waals surface area contributed by atoms with Crippen LogP contribution in [0.4, 0.5) is 10.1 Å². The minimum Gasteiger partial charge on any atom is -0.320 e. The highest BCUT2D eigenvalue weighted by atomic mass is 19.1. The van der Waals surface area contributed by atoms with Gasteiger partial charge in [0.2, 0.25) is 0 Å². The number of aromatic nitrogens is 5. The summed E-state index contributed by atoms with van der Waals surface area (Å²) in [5.41, 5.74) is 3.35. The van der Waals surface area contributed by atoms with Crippen molar-refractivity contribution in [2.24, 2.45) is 0 Å². The molecule has 0 radical (unpaired) electrons. The van der Waals surface area contributed by atoms with E-state index in [1.807, 2.05) is 31.2 Å². The molecule has 2 heterocycles. The molecule has 2 aromatic carbocycles. The number of hydrogen-bond donors (Lipinski definition) is 1. The molecular formula is C20H17FN6O. The summed E-state index contributed by atoms with van der Waals surface area (Å²) < 4.78 is 17.5. The molecule has 0 saturated carbocycles. The van der Waals surface area contributed by atoms with E-state index in [-0.39, 0.29) is 5.69 Å². The smallest absolute Gasteiger partial charge is 0.278 e. The number of amides is 1. The van der Waals surface area contributed by atoms with Crippen LogP contribution in [0.3, 0.4) is 0 Å². The lowest BCUT2D eigenvalue weighted by Crippen LogP contribution is -2.14. The fourth-order valence-electron chi connectivity index (χ4n) is 2.93. The normalized spacial score (nSPS) is 10.8. The van der Waals surface area contributed by atoms with Crippen LogP contribution in [0.5, 0.6) is 0 Å². The van der Waals surface area contributed by atoms with Crippen LogP contribution < -0.4 is 5.32 Å². The van der Waals surface area contributed by atoms with E-state index in [0.717, 1.165) is 11.3 Å². The summed E-state index contributed by atoms with van der Waals surface area (Å²) in [4.78, 5) is 16.5. The minimum absolute atomic E-state index is 0.181. The van der Waals surface area contributed by atoms with E-state index in [2.05, 4.69) is 20.6 Å². The van der Waals surface area contributed by atoms with Gasteiger partial charge in [-0.05, 0) is 49.7 Å². The second-order valence-electron chi connectivity index (χ2n) is 6.36. The van der Waals surface area contributed by atoms with Crippen molar-refractivity contribution in [3.8, 4) is 11.4 Å². The van der Waals surface area contributed by atoms with Gasteiger partial charge in [-0.15, -0.1) is 5.10 Å². The van der Waals surface area contributed by atoms with Gasteiger partial charge in [0.05, 0.1) is 23.4 Å². The van der Waals surface area contributed by atoms with Gasteiger partial charge < -0.3 is 9.88 Å². The molecule has 0 aliphatic heterocycles. The van der Waals surface area contributed by atoms with Gasteiger partial charge in [0, 0.05) is 18.1 Å². The summed E-state index contributed by atoms with van der Waals surface area (Å²) in [6.07, 6.45) is 4.71. The van der Waals surface area contributed by atoms with Crippen molar-refractivity contribution in [2.75, 3.05) is 5.32 Å². The Kier molecular flexibility index (Phi) is 4.44. The molecule has 0 saturated heterocycles. The zero-order chi connectivity index (χ0) is 19.7. The third-order valence-corrected chi connectivity index (χ3v) is 4.34. The molecule has 1 N–H and O–H groups in total. The molecular weight excluding hydrogens is 359 g/mol. The molecule has 0 aliphatic carbocycles. The van der Waals surface area contributed by atoms with Crippen LogP contribution in [0.25, 0.3) is 11.4 Å². The Hall–Kier alpha value is -3.81. The fraction of sp³-hybridized carbons (Fsp3) is 0.100. The third-order valence-electron chi connectivity index (χ3n) is 4.34. The number of carbonyl (C=O) groups excluding carboxylic acids is 1. The standard InChI is InChI=1S/C20H17FN6O/c1-13-4-3-5-16(10-13)27-14(2)19(24-25-27)20(28)23-15-6-7-18(17(21)11-15)26-9-8-22-12-26/h3-12H,1-2H3,(H,23,28). The molecule has 7 nitrogen and oxygen atoms in total. The number of hydrogen-bond acceptors (Lipinski definition) is 4. The van der Waals surface area contributed by atoms with Crippen LogP contribution in [0.2, 0.25) is 0 Å². The van der Waals surface area contributed by atoms with Crippen molar-refractivity contribution >= 4 is 11.6 Å². The van der Waals surface area contributed by atoms with E-state index in [1.165, 1.54) is 12.4 Å². The molecule has 4 aromatic rings. The summed E-state index contributed by atoms with van der Waals surface area (Å²) in [6.45, 7) is 3.74. The Morgan fingerprint density at radius 1 is 1.14 bits per heavy atom. The third kappa shape index (κ3) is 3.27. The molecule has 0 spiro atoms. The number of anilines is 1. The molecule has 4 rings (SSSR count). The summed E-state index contributed by atoms with van der Waals surface area (Å²) in [5.74, 6) is -0.929. The number of benzene rings is 2. The SMILES string of the molecule is Cc1cccc(-n2nnc(C(=O)Nc3ccc(-n4ccnc4)c(F)c3)c2C)c1. The topological polar surface area (TPSA) is 77.6 Å². The number of nitrogens with zero attached hydrogens (tertiary/aromatic N) is 5. The van der Waals surface area contributed by atoms with Crippen LogP contribution >= 0.6 is 0 Å². The molecule has 8 heteroatoms. The summed E-state index contributed by atoms with van der Waals surface area (Å²) in [6, 6.07) is 12.2. The van der Waals surface area contributed by atoms with Crippen LogP contribution in [-0.2, 0) is 0 Å². The highest BCUT2D eigenvalue weighted by molar-refractivity contribution is 6.03. The Labute approximate surface area is 160 Å². The van der Waals surface area contributed by atoms with Crippen LogP contribution in [-0.4, -0.2) is 30.5 Å². The van der Waals surface area contributed by atoms with E-state index in [1.54, 1.807) is 40.7 Å². The number of rotatable bonds is 4. The second-order valence-corrected chi connectivity index (χ2v) is 6.36. The van der Waals surface area contributed by atoms with Crippen LogP contribution in [0, 0.1) is 19.7 Å². The lowest BCUT2D eigenvalue weighted by molar-refractivity contribution is 0.102. The first-order chi connectivity index (χ1) is 13.5. The summed E-state index contributed by atoms with van der Waals surface area (Å²) in [5, 5.41) is 10.7. The highest BCUT2D eigenvalue weighted by Gasteiger charge is 2.18. The average Bonchev–Trinajstić information content (AvgIpc) is 3.31. The Balaban J connectivity index is 1.57. The summed E-state index contributed by atoms with van der Waals surface area (Å²) >= 11 is 0. The quantitative estimate of drug-likeness (QED) is 0.592. The number of imidazole rings is 1. The van der Waals surface area contributed by atoms with Gasteiger partial charge in [0.15, 0.2) is 5.69 Å². The van der Waals surface area contributed by atoms with Gasteiger partial charge in [-0.25, -0.2) is 14.1 Å². The number of halogens is 1. The maximum atomic E-state index is 14.4. The van der Waals surface area contributed by atoms with Gasteiger partial charge in [-0.1, -0.05) is 17.3 Å². The first-order valence-corrected chi connectivity index (χ1v) is 8.61. The maximum absolute atomic E-state index is 14.4. The predicted octanol–water partition coefficient (Wildman–Crippen LogP) is 3.46. The van der Waals surface area contributed by atoms with Gasteiger partial charge in [-0.2, -0.15) is 0 Å². The number of aryl methyl sites for hydroxylation is 1. The minimum atomic E-state index is -0.476. The second kappa shape index (κ2) is 7.07. The monoisotopic (exact) mass is 376 g/mol. The van der Waals surface area contributed by atoms with E-state index < -0.39 is 11.7 Å². The fourth-order valence-corrected chi connectivity index (χ4v) is 2.93. The van der Waals surface area contributed by atoms with E-state index in [4.69, 9.17) is 0 Å². The van der Waals surface area contributed by atoms with Crippen molar-refractivity contribution in [3.63, 3.8) is 0 Å². The van der Waals surface area contributed by atoms with E-state index in [9.17, 15) is 9.18 Å². The average molecular weight is 376 g/mol. The Morgan fingerprint density at radius 3 is 2.71 bits per heavy atom. The molecule has 0 atom stereocenters. The summed E-state index contributed by atoms with van der Waals surface area (Å²) in [7, 11) is 0. The van der Waals surface area contributed by atoms with Gasteiger partial charge >= 0.3 is 0 Å². The molecule has 0 unspecified atom stereocenters. The first kappa shape index (κ1) is 17.6. The van der Waals surface area contributed by atoms with Crippen molar-refractivity contribution in [3.05, 3.63) is 84.0 Å². The molecule has 2 aromatic heterocycles. The zero-order valence-corrected chi connectivity index (χ0v) is 15.3. The molecule has 0 aliphatic rings. The van der Waals surface area contributed by atoms with Crippen molar-refractivity contribution in [1.29, 1.82) is 0 Å². The molecule has 140 valence electrons. The lowest BCUT2D eigenvalue weighted by Gasteiger charge is -2.08. The number of nitrogens with one attached hydrogen (secondary N) is 1. The van der Waals surface area contributed by atoms with Gasteiger partial charge in [0.1, 0.15) is 5.82 Å². The van der Waals surface area contributed by atoms with Gasteiger partial charge in [-0.3, -0.25) is 4.79 Å². The predicted molar refractivity (Wildman–Crippen MR) is 102 cm³/mol. The van der Waals surface area contributed by atoms with Crippen molar-refractivity contribution < 1.29 is 9.18 Å². The molecule has 0 fully saturated rings. The Bertz CT molecular complexity index is 1150. The first-order valence-electron chi connectivity index (χ1n) is 8.61. The maximum Gasteiger partial charge on any atom is 0.278 e. The van der Waals surface area contributed by atoms with Crippen LogP contribution in [0.15, 0.2) is 61.2 Å². The van der Waals surface area contributed by atoms with E-state index >= 15 is 0 Å². The number of carbonyl (C=O) groups is 1. The molecule has 0 bridgehead atoms. The van der Waals surface area contributed by atoms with Gasteiger partial charge in [0.25, 0.3) is 5.91 Å². The van der Waals surface area contributed by atoms with E-state index in [0.29, 0.717) is 17.1 Å². The van der Waals surface area contributed by atoms with Crippen molar-refractivity contribution in [1.82, 2.24) is 24.5 Å². The highest BCUT2D eigenvalue weighted by Crippen LogP contribution is 2.20. The van der Waals surface area contributed by atoms with Crippen molar-refractivity contribution in [2.45, 2.75) is 13.8 Å². The zero-order valence-electron chi connectivity index (χ0n) is 15.3. The lowest BCUT2D eigenvalue weighted by atomic mass is 10.2. The Morgan fingerprint density at radius 2 is 2.00 bits per heavy atom. The van der Waals surface area contributed by atoms with Crippen LogP contribution in [0.1, 0.15) is 21.7 Å². The molecule has 1 amide bonds. The largest absolute Gasteiger partial charge is 0.320 e. The molecule has 28 heavy (non-hydrogen) atoms.